The first-order valence-electron chi connectivity index (χ1n) is 6.40. The van der Waals surface area contributed by atoms with Crippen LogP contribution in [0.1, 0.15) is 12.8 Å². The standard InChI is InChI=1S/C15H19N3S.HI/c1-3-11-17-14(16-2)18-12-15(9-10-15)19-13-7-5-4-6-8-13;/h1,4-8H,9-12H2,2H3,(H2,16,17,18);1H. The molecule has 0 saturated heterocycles. The number of nitrogens with zero attached hydrogens (tertiary/aromatic N) is 1. The molecular weight excluding hydrogens is 381 g/mol. The van der Waals surface area contributed by atoms with E-state index in [2.05, 4.69) is 45.8 Å². The van der Waals surface area contributed by atoms with Crippen molar-refractivity contribution in [3.8, 4) is 12.3 Å². The Morgan fingerprint density at radius 1 is 1.35 bits per heavy atom. The molecule has 0 unspecified atom stereocenters. The molecule has 1 aromatic carbocycles. The van der Waals surface area contributed by atoms with Crippen LogP contribution in [0, 0.1) is 12.3 Å². The number of halogens is 1. The molecule has 2 N–H and O–H groups in total. The molecule has 2 rings (SSSR count). The second-order valence-corrected chi connectivity index (χ2v) is 6.12. The topological polar surface area (TPSA) is 36.4 Å². The van der Waals surface area contributed by atoms with Crippen LogP contribution < -0.4 is 10.6 Å². The van der Waals surface area contributed by atoms with Crippen molar-refractivity contribution in [3.05, 3.63) is 30.3 Å². The predicted octanol–water partition coefficient (Wildman–Crippen LogP) is 2.73. The highest BCUT2D eigenvalue weighted by Gasteiger charge is 2.43. The molecule has 1 saturated carbocycles. The molecule has 0 aliphatic heterocycles. The number of aliphatic imine (C=N–C) groups is 1. The number of thioether (sulfide) groups is 1. The van der Waals surface area contributed by atoms with Crippen LogP contribution in [-0.4, -0.2) is 30.8 Å². The maximum absolute atomic E-state index is 5.23. The third-order valence-electron chi connectivity index (χ3n) is 3.04. The van der Waals surface area contributed by atoms with Crippen LogP contribution in [0.4, 0.5) is 0 Å². The Kier molecular flexibility index (Phi) is 7.24. The van der Waals surface area contributed by atoms with Crippen LogP contribution in [0.5, 0.6) is 0 Å². The first kappa shape index (κ1) is 17.2. The molecular formula is C15H20IN3S. The number of rotatable bonds is 5. The Balaban J connectivity index is 0.00000200. The highest BCUT2D eigenvalue weighted by molar-refractivity contribution is 14.0. The second kappa shape index (κ2) is 8.42. The molecule has 1 fully saturated rings. The molecule has 0 aromatic heterocycles. The van der Waals surface area contributed by atoms with Gasteiger partial charge in [-0.15, -0.1) is 42.2 Å². The molecule has 1 aromatic rings. The summed E-state index contributed by atoms with van der Waals surface area (Å²) >= 11 is 1.95. The maximum atomic E-state index is 5.23. The van der Waals surface area contributed by atoms with Crippen molar-refractivity contribution in [2.75, 3.05) is 20.1 Å². The van der Waals surface area contributed by atoms with E-state index in [4.69, 9.17) is 6.42 Å². The molecule has 3 nitrogen and oxygen atoms in total. The molecule has 1 aliphatic rings. The summed E-state index contributed by atoms with van der Waals surface area (Å²) in [7, 11) is 1.76. The molecule has 0 spiro atoms. The average molecular weight is 401 g/mol. The minimum absolute atomic E-state index is 0. The van der Waals surface area contributed by atoms with Gasteiger partial charge in [0.25, 0.3) is 0 Å². The monoisotopic (exact) mass is 401 g/mol. The maximum Gasteiger partial charge on any atom is 0.191 e. The lowest BCUT2D eigenvalue weighted by Gasteiger charge is -2.17. The number of nitrogens with one attached hydrogen (secondary N) is 2. The van der Waals surface area contributed by atoms with Gasteiger partial charge in [0, 0.05) is 23.2 Å². The summed E-state index contributed by atoms with van der Waals surface area (Å²) in [6.45, 7) is 1.41. The third-order valence-corrected chi connectivity index (χ3v) is 4.54. The summed E-state index contributed by atoms with van der Waals surface area (Å²) in [5.74, 6) is 3.32. The van der Waals surface area contributed by atoms with E-state index in [1.54, 1.807) is 7.05 Å². The van der Waals surface area contributed by atoms with E-state index < -0.39 is 0 Å². The molecule has 20 heavy (non-hydrogen) atoms. The Morgan fingerprint density at radius 3 is 2.60 bits per heavy atom. The van der Waals surface area contributed by atoms with Crippen molar-refractivity contribution >= 4 is 41.7 Å². The summed E-state index contributed by atoms with van der Waals surface area (Å²) in [5.41, 5.74) is 0. The summed E-state index contributed by atoms with van der Waals surface area (Å²) in [6, 6.07) is 10.5. The first-order valence-corrected chi connectivity index (χ1v) is 7.22. The first-order chi connectivity index (χ1) is 9.28. The lowest BCUT2D eigenvalue weighted by atomic mass is 10.4. The summed E-state index contributed by atoms with van der Waals surface area (Å²) in [6.07, 6.45) is 7.71. The zero-order valence-electron chi connectivity index (χ0n) is 11.6. The van der Waals surface area contributed by atoms with Crippen LogP contribution in [0.25, 0.3) is 0 Å². The Hall–Kier alpha value is -0.870. The molecule has 1 aliphatic carbocycles. The van der Waals surface area contributed by atoms with E-state index in [0.717, 1.165) is 12.5 Å². The van der Waals surface area contributed by atoms with Gasteiger partial charge in [-0.2, -0.15) is 0 Å². The van der Waals surface area contributed by atoms with Gasteiger partial charge in [0.15, 0.2) is 5.96 Å². The van der Waals surface area contributed by atoms with Crippen molar-refractivity contribution in [1.82, 2.24) is 10.6 Å². The Bertz CT molecular complexity index is 478. The Labute approximate surface area is 142 Å². The SMILES string of the molecule is C#CCNC(=NC)NCC1(Sc2ccccc2)CC1.I. The van der Waals surface area contributed by atoms with Gasteiger partial charge in [0.05, 0.1) is 6.54 Å². The smallest absolute Gasteiger partial charge is 0.191 e. The molecule has 0 bridgehead atoms. The van der Waals surface area contributed by atoms with Crippen LogP contribution in [0.2, 0.25) is 0 Å². The van der Waals surface area contributed by atoms with E-state index in [1.807, 2.05) is 17.8 Å². The van der Waals surface area contributed by atoms with Crippen molar-refractivity contribution < 1.29 is 0 Å². The van der Waals surface area contributed by atoms with Crippen molar-refractivity contribution in [2.24, 2.45) is 4.99 Å². The highest BCUT2D eigenvalue weighted by atomic mass is 127. The van der Waals surface area contributed by atoms with Gasteiger partial charge < -0.3 is 10.6 Å². The predicted molar refractivity (Wildman–Crippen MR) is 97.9 cm³/mol. The van der Waals surface area contributed by atoms with Gasteiger partial charge in [0.2, 0.25) is 0 Å². The molecule has 0 heterocycles. The second-order valence-electron chi connectivity index (χ2n) is 4.58. The summed E-state index contributed by atoms with van der Waals surface area (Å²) in [4.78, 5) is 5.48. The van der Waals surface area contributed by atoms with E-state index in [-0.39, 0.29) is 24.0 Å². The lowest BCUT2D eigenvalue weighted by Crippen LogP contribution is -2.41. The van der Waals surface area contributed by atoms with E-state index in [1.165, 1.54) is 17.7 Å². The largest absolute Gasteiger partial charge is 0.355 e. The minimum atomic E-state index is 0. The van der Waals surface area contributed by atoms with Crippen LogP contribution in [0.3, 0.4) is 0 Å². The van der Waals surface area contributed by atoms with Crippen molar-refractivity contribution in [3.63, 3.8) is 0 Å². The van der Waals surface area contributed by atoms with E-state index >= 15 is 0 Å². The van der Waals surface area contributed by atoms with Crippen LogP contribution >= 0.6 is 35.7 Å². The van der Waals surface area contributed by atoms with Gasteiger partial charge in [0.1, 0.15) is 0 Å². The molecule has 0 radical (unpaired) electrons. The average Bonchev–Trinajstić information content (AvgIpc) is 3.20. The number of benzene rings is 1. The third kappa shape index (κ3) is 5.25. The fourth-order valence-electron chi connectivity index (χ4n) is 1.79. The number of guanidine groups is 1. The van der Waals surface area contributed by atoms with Gasteiger partial charge in [-0.05, 0) is 25.0 Å². The Morgan fingerprint density at radius 2 is 2.05 bits per heavy atom. The quantitative estimate of drug-likeness (QED) is 0.345. The minimum Gasteiger partial charge on any atom is -0.355 e. The highest BCUT2D eigenvalue weighted by Crippen LogP contribution is 2.51. The lowest BCUT2D eigenvalue weighted by molar-refractivity contribution is 0.785. The van der Waals surface area contributed by atoms with Gasteiger partial charge in [-0.25, -0.2) is 0 Å². The fraction of sp³-hybridized carbons (Fsp3) is 0.400. The molecule has 0 atom stereocenters. The zero-order chi connectivity index (χ0) is 13.6. The summed E-state index contributed by atoms with van der Waals surface area (Å²) < 4.78 is 0.315. The summed E-state index contributed by atoms with van der Waals surface area (Å²) in [5, 5.41) is 6.43. The fourth-order valence-corrected chi connectivity index (χ4v) is 3.04. The van der Waals surface area contributed by atoms with Gasteiger partial charge in [-0.1, -0.05) is 24.1 Å². The zero-order valence-corrected chi connectivity index (χ0v) is 14.7. The van der Waals surface area contributed by atoms with Gasteiger partial charge in [-0.3, -0.25) is 4.99 Å². The number of hydrogen-bond acceptors (Lipinski definition) is 2. The molecule has 5 heteroatoms. The van der Waals surface area contributed by atoms with Crippen LogP contribution in [0.15, 0.2) is 40.2 Å². The molecule has 0 amide bonds. The number of terminal acetylenes is 1. The van der Waals surface area contributed by atoms with Crippen LogP contribution in [-0.2, 0) is 0 Å². The van der Waals surface area contributed by atoms with E-state index in [9.17, 15) is 0 Å². The van der Waals surface area contributed by atoms with Gasteiger partial charge >= 0.3 is 0 Å². The number of hydrogen-bond donors (Lipinski definition) is 2. The normalized spacial score (nSPS) is 15.7. The van der Waals surface area contributed by atoms with Crippen molar-refractivity contribution in [1.29, 1.82) is 0 Å². The van der Waals surface area contributed by atoms with E-state index in [0.29, 0.717) is 11.3 Å². The molecule has 108 valence electrons. The van der Waals surface area contributed by atoms with Crippen molar-refractivity contribution in [2.45, 2.75) is 22.5 Å².